The molecule has 9 heteroatoms. The Balaban J connectivity index is 0.00000264. The summed E-state index contributed by atoms with van der Waals surface area (Å²) in [6.45, 7) is 8.21. The van der Waals surface area contributed by atoms with E-state index in [4.69, 9.17) is 14.2 Å². The van der Waals surface area contributed by atoms with E-state index in [9.17, 15) is 9.59 Å². The summed E-state index contributed by atoms with van der Waals surface area (Å²) in [6.07, 6.45) is 4.15. The van der Waals surface area contributed by atoms with E-state index < -0.39 is 5.76 Å². The van der Waals surface area contributed by atoms with E-state index in [0.29, 0.717) is 23.6 Å². The van der Waals surface area contributed by atoms with Gasteiger partial charge in [0.2, 0.25) is 0 Å². The molecule has 0 aliphatic carbocycles. The smallest absolute Gasteiger partial charge is 1.00 e. The first-order valence-electron chi connectivity index (χ1n) is 14.5. The standard InChI is InChI=1S/C34H36N4O4.Na.H/c1-5-10-31-30(33(39)38(22(4)35-31)25-17-19-27(20-18-25)41-26(6-2)7-3)21-23-13-15-24(16-14-23)28-11-8-9-12-29(28)32-36-34(40)42-37-32;;/h8-9,11-20,26H,5-7,10,21H2,1-4H3,(H,36,37,40);;/q;+1;-1. The molecular formula is C34H37N4NaO4. The van der Waals surface area contributed by atoms with Crippen LogP contribution in [0.5, 0.6) is 5.75 Å². The molecule has 5 rings (SSSR count). The number of aromatic amines is 1. The molecule has 218 valence electrons. The second kappa shape index (κ2) is 14.6. The van der Waals surface area contributed by atoms with Gasteiger partial charge >= 0.3 is 35.3 Å². The van der Waals surface area contributed by atoms with Crippen molar-refractivity contribution in [1.82, 2.24) is 19.7 Å². The van der Waals surface area contributed by atoms with Crippen LogP contribution >= 0.6 is 0 Å². The number of nitrogens with zero attached hydrogens (tertiary/aromatic N) is 3. The molecule has 43 heavy (non-hydrogen) atoms. The van der Waals surface area contributed by atoms with E-state index in [1.54, 1.807) is 4.57 Å². The second-order valence-corrected chi connectivity index (χ2v) is 10.4. The van der Waals surface area contributed by atoms with Gasteiger partial charge in [0.05, 0.1) is 17.5 Å². The van der Waals surface area contributed by atoms with Gasteiger partial charge in [-0.1, -0.05) is 80.9 Å². The number of hydrogen-bond acceptors (Lipinski definition) is 6. The molecule has 0 spiro atoms. The molecule has 0 aliphatic heterocycles. The Morgan fingerprint density at radius 1 is 0.930 bits per heavy atom. The SMILES string of the molecule is CCCc1nc(C)n(-c2ccc(OC(CC)CC)cc2)c(=O)c1Cc1ccc(-c2ccccc2-c2noc(=O)[nH]2)cc1.[H-].[Na+]. The third-order valence-corrected chi connectivity index (χ3v) is 7.49. The van der Waals surface area contributed by atoms with Crippen LogP contribution in [0.15, 0.2) is 86.9 Å². The molecule has 2 heterocycles. The predicted molar refractivity (Wildman–Crippen MR) is 165 cm³/mol. The zero-order chi connectivity index (χ0) is 29.6. The molecule has 0 aliphatic rings. The topological polar surface area (TPSA) is 103 Å². The number of hydrogen-bond donors (Lipinski definition) is 1. The van der Waals surface area contributed by atoms with Gasteiger partial charge in [-0.25, -0.2) is 9.78 Å². The molecule has 0 fully saturated rings. The van der Waals surface area contributed by atoms with Gasteiger partial charge in [0.25, 0.3) is 5.56 Å². The van der Waals surface area contributed by atoms with E-state index >= 15 is 0 Å². The summed E-state index contributed by atoms with van der Waals surface area (Å²) in [7, 11) is 0. The minimum Gasteiger partial charge on any atom is -1.00 e. The van der Waals surface area contributed by atoms with E-state index in [0.717, 1.165) is 65.1 Å². The number of benzene rings is 3. The molecule has 0 atom stereocenters. The molecule has 1 N–H and O–H groups in total. The summed E-state index contributed by atoms with van der Waals surface area (Å²) in [6, 6.07) is 23.5. The van der Waals surface area contributed by atoms with Gasteiger partial charge in [0, 0.05) is 17.5 Å². The fourth-order valence-electron chi connectivity index (χ4n) is 5.26. The van der Waals surface area contributed by atoms with Crippen LogP contribution in [0.4, 0.5) is 0 Å². The van der Waals surface area contributed by atoms with Gasteiger partial charge in [0.15, 0.2) is 5.82 Å². The van der Waals surface area contributed by atoms with Crippen molar-refractivity contribution in [3.8, 4) is 34.0 Å². The minimum atomic E-state index is -0.596. The van der Waals surface area contributed by atoms with Crippen LogP contribution < -0.4 is 45.6 Å². The van der Waals surface area contributed by atoms with E-state index in [2.05, 4.69) is 30.9 Å². The first kappa shape index (κ1) is 32.2. The fraction of sp³-hybridized carbons (Fsp3) is 0.294. The maximum atomic E-state index is 14.0. The van der Waals surface area contributed by atoms with E-state index in [-0.39, 0.29) is 42.6 Å². The van der Waals surface area contributed by atoms with Gasteiger partial charge in [-0.3, -0.25) is 18.9 Å². The minimum absolute atomic E-state index is 0. The number of aromatic nitrogens is 4. The van der Waals surface area contributed by atoms with E-state index in [1.165, 1.54) is 0 Å². The van der Waals surface area contributed by atoms with Crippen molar-refractivity contribution in [2.75, 3.05) is 0 Å². The van der Waals surface area contributed by atoms with Crippen LogP contribution in [0.3, 0.4) is 0 Å². The molecule has 0 amide bonds. The van der Waals surface area contributed by atoms with E-state index in [1.807, 2.05) is 79.7 Å². The zero-order valence-electron chi connectivity index (χ0n) is 26.5. The fourth-order valence-corrected chi connectivity index (χ4v) is 5.26. The van der Waals surface area contributed by atoms with Gasteiger partial charge in [0.1, 0.15) is 11.6 Å². The third-order valence-electron chi connectivity index (χ3n) is 7.49. The van der Waals surface area contributed by atoms with Gasteiger partial charge in [-0.15, -0.1) is 0 Å². The second-order valence-electron chi connectivity index (χ2n) is 10.4. The molecule has 8 nitrogen and oxygen atoms in total. The van der Waals surface area contributed by atoms with Crippen molar-refractivity contribution in [3.05, 3.63) is 116 Å². The third kappa shape index (κ3) is 7.26. The number of rotatable bonds is 11. The molecule has 5 aromatic rings. The quantitative estimate of drug-likeness (QED) is 0.236. The Kier molecular flexibility index (Phi) is 11.0. The molecular weight excluding hydrogens is 551 g/mol. The number of nitrogens with one attached hydrogen (secondary N) is 1. The van der Waals surface area contributed by atoms with Crippen molar-refractivity contribution in [2.24, 2.45) is 0 Å². The summed E-state index contributed by atoms with van der Waals surface area (Å²) in [5.74, 6) is 1.25. The first-order chi connectivity index (χ1) is 20.4. The zero-order valence-corrected chi connectivity index (χ0v) is 27.5. The van der Waals surface area contributed by atoms with Gasteiger partial charge in [-0.2, -0.15) is 0 Å². The van der Waals surface area contributed by atoms with Crippen molar-refractivity contribution in [3.63, 3.8) is 0 Å². The summed E-state index contributed by atoms with van der Waals surface area (Å²) in [5.41, 5.74) is 5.91. The average Bonchev–Trinajstić information content (AvgIpc) is 3.45. The molecule has 0 saturated heterocycles. The molecule has 0 radical (unpaired) electrons. The van der Waals surface area contributed by atoms with Crippen LogP contribution in [0.2, 0.25) is 0 Å². The van der Waals surface area contributed by atoms with Crippen LogP contribution in [-0.4, -0.2) is 25.8 Å². The molecule has 2 aromatic heterocycles. The molecule has 3 aromatic carbocycles. The number of aryl methyl sites for hydroxylation is 2. The Labute approximate surface area is 274 Å². The Morgan fingerprint density at radius 2 is 1.60 bits per heavy atom. The Bertz CT molecular complexity index is 1780. The summed E-state index contributed by atoms with van der Waals surface area (Å²) in [4.78, 5) is 33.0. The van der Waals surface area contributed by atoms with Gasteiger partial charge < -0.3 is 6.16 Å². The van der Waals surface area contributed by atoms with Crippen LogP contribution in [0.1, 0.15) is 64.1 Å². The molecule has 0 bridgehead atoms. The monoisotopic (exact) mass is 588 g/mol. The average molecular weight is 589 g/mol. The van der Waals surface area contributed by atoms with Crippen LogP contribution in [0.25, 0.3) is 28.2 Å². The Morgan fingerprint density at radius 3 is 2.21 bits per heavy atom. The normalized spacial score (nSPS) is 11.0. The van der Waals surface area contributed by atoms with Crippen molar-refractivity contribution >= 4 is 0 Å². The Hall–Kier alpha value is -3.72. The largest absolute Gasteiger partial charge is 1.00 e. The number of ether oxygens (including phenoxy) is 1. The molecule has 0 unspecified atom stereocenters. The number of H-pyrrole nitrogens is 1. The van der Waals surface area contributed by atoms with Gasteiger partial charge in [-0.05, 0) is 67.1 Å². The van der Waals surface area contributed by atoms with Crippen molar-refractivity contribution in [1.29, 1.82) is 0 Å². The van der Waals surface area contributed by atoms with Crippen LogP contribution in [0, 0.1) is 6.92 Å². The summed E-state index contributed by atoms with van der Waals surface area (Å²) >= 11 is 0. The van der Waals surface area contributed by atoms with Crippen molar-refractivity contribution < 1.29 is 40.2 Å². The molecule has 0 saturated carbocycles. The first-order valence-corrected chi connectivity index (χ1v) is 14.5. The van der Waals surface area contributed by atoms with Crippen LogP contribution in [-0.2, 0) is 12.8 Å². The summed E-state index contributed by atoms with van der Waals surface area (Å²) in [5, 5.41) is 3.85. The maximum Gasteiger partial charge on any atom is 1.00 e. The predicted octanol–water partition coefficient (Wildman–Crippen LogP) is 3.78. The maximum absolute atomic E-state index is 14.0. The summed E-state index contributed by atoms with van der Waals surface area (Å²) < 4.78 is 12.5. The van der Waals surface area contributed by atoms with Crippen molar-refractivity contribution in [2.45, 2.75) is 65.9 Å².